The number of carbonyl (C=O) groups is 2. The van der Waals surface area contributed by atoms with Gasteiger partial charge in [-0.3, -0.25) is 0 Å². The van der Waals surface area contributed by atoms with Crippen LogP contribution in [-0.2, 0) is 9.53 Å². The smallest absolute Gasteiger partial charge is 0.326 e. The zero-order valence-corrected chi connectivity index (χ0v) is 10.9. The molecule has 0 aliphatic carbocycles. The first-order chi connectivity index (χ1) is 7.93. The number of hydrogen-bond acceptors (Lipinski definition) is 3. The van der Waals surface area contributed by atoms with E-state index in [0.29, 0.717) is 19.6 Å². The summed E-state index contributed by atoms with van der Waals surface area (Å²) >= 11 is 0. The first kappa shape index (κ1) is 15.7. The van der Waals surface area contributed by atoms with Crippen molar-refractivity contribution in [1.29, 1.82) is 0 Å². The zero-order chi connectivity index (χ0) is 13.4. The van der Waals surface area contributed by atoms with E-state index in [4.69, 9.17) is 9.84 Å². The Morgan fingerprint density at radius 2 is 2.00 bits per heavy atom. The maximum Gasteiger partial charge on any atom is 0.326 e. The lowest BCUT2D eigenvalue weighted by Crippen LogP contribution is -2.50. The number of nitrogens with one attached hydrogen (secondary N) is 1. The minimum absolute atomic E-state index is 0.142. The van der Waals surface area contributed by atoms with Gasteiger partial charge < -0.3 is 20.1 Å². The maximum atomic E-state index is 11.7. The molecular weight excluding hydrogens is 224 g/mol. The number of ether oxygens (including phenoxy) is 1. The number of carbonyl (C=O) groups excluding carboxylic acids is 1. The second kappa shape index (κ2) is 7.89. The normalized spacial score (nSPS) is 13.9. The van der Waals surface area contributed by atoms with Crippen LogP contribution in [-0.4, -0.2) is 54.4 Å². The third-order valence-electron chi connectivity index (χ3n) is 2.40. The lowest BCUT2D eigenvalue weighted by Gasteiger charge is -2.25. The molecule has 2 atom stereocenters. The number of amides is 2. The molecule has 0 aromatic carbocycles. The highest BCUT2D eigenvalue weighted by Crippen LogP contribution is 2.02. The van der Waals surface area contributed by atoms with Crippen LogP contribution in [0.4, 0.5) is 4.79 Å². The molecule has 0 aliphatic heterocycles. The minimum atomic E-state index is -0.998. The molecule has 17 heavy (non-hydrogen) atoms. The molecule has 6 heteroatoms. The standard InChI is InChI=1S/C11H22N2O4/c1-5-9(10(14)15)13(4)11(16)12-8(3)7-17-6-2/h8-9H,5-7H2,1-4H3,(H,12,16)(H,14,15). The van der Waals surface area contributed by atoms with Gasteiger partial charge in [0.05, 0.1) is 12.6 Å². The van der Waals surface area contributed by atoms with Crippen molar-refractivity contribution in [2.75, 3.05) is 20.3 Å². The van der Waals surface area contributed by atoms with Crippen LogP contribution in [0.15, 0.2) is 0 Å². The van der Waals surface area contributed by atoms with Gasteiger partial charge >= 0.3 is 12.0 Å². The van der Waals surface area contributed by atoms with Gasteiger partial charge in [-0.25, -0.2) is 9.59 Å². The number of nitrogens with zero attached hydrogens (tertiary/aromatic N) is 1. The lowest BCUT2D eigenvalue weighted by molar-refractivity contribution is -0.141. The van der Waals surface area contributed by atoms with Crippen molar-refractivity contribution in [2.24, 2.45) is 0 Å². The number of likely N-dealkylation sites (N-methyl/N-ethyl adjacent to an activating group) is 1. The highest BCUT2D eigenvalue weighted by Gasteiger charge is 2.25. The summed E-state index contributed by atoms with van der Waals surface area (Å²) in [5, 5.41) is 11.6. The summed E-state index contributed by atoms with van der Waals surface area (Å²) in [6.45, 7) is 6.41. The van der Waals surface area contributed by atoms with Gasteiger partial charge in [0, 0.05) is 13.7 Å². The first-order valence-electron chi connectivity index (χ1n) is 5.77. The van der Waals surface area contributed by atoms with Gasteiger partial charge in [0.15, 0.2) is 0 Å². The van der Waals surface area contributed by atoms with E-state index in [1.54, 1.807) is 6.92 Å². The molecule has 0 bridgehead atoms. The summed E-state index contributed by atoms with van der Waals surface area (Å²) in [4.78, 5) is 23.8. The molecule has 2 N–H and O–H groups in total. The van der Waals surface area contributed by atoms with Crippen LogP contribution in [0.3, 0.4) is 0 Å². The van der Waals surface area contributed by atoms with Crippen LogP contribution in [0, 0.1) is 0 Å². The number of rotatable bonds is 7. The Balaban J connectivity index is 4.25. The zero-order valence-electron chi connectivity index (χ0n) is 10.9. The highest BCUT2D eigenvalue weighted by molar-refractivity contribution is 5.82. The highest BCUT2D eigenvalue weighted by atomic mass is 16.5. The topological polar surface area (TPSA) is 78.9 Å². The molecule has 6 nitrogen and oxygen atoms in total. The number of hydrogen-bond donors (Lipinski definition) is 2. The van der Waals surface area contributed by atoms with Gasteiger partial charge in [-0.15, -0.1) is 0 Å². The molecule has 0 saturated heterocycles. The monoisotopic (exact) mass is 246 g/mol. The van der Waals surface area contributed by atoms with Crippen molar-refractivity contribution in [3.63, 3.8) is 0 Å². The summed E-state index contributed by atoms with van der Waals surface area (Å²) in [5.41, 5.74) is 0. The molecule has 0 aliphatic rings. The molecule has 0 rings (SSSR count). The van der Waals surface area contributed by atoms with Crippen molar-refractivity contribution in [1.82, 2.24) is 10.2 Å². The lowest BCUT2D eigenvalue weighted by atomic mass is 10.2. The van der Waals surface area contributed by atoms with E-state index in [1.807, 2.05) is 13.8 Å². The van der Waals surface area contributed by atoms with Crippen LogP contribution >= 0.6 is 0 Å². The Kier molecular flexibility index (Phi) is 7.29. The van der Waals surface area contributed by atoms with E-state index >= 15 is 0 Å². The van der Waals surface area contributed by atoms with Gasteiger partial charge in [-0.2, -0.15) is 0 Å². The largest absolute Gasteiger partial charge is 0.480 e. The quantitative estimate of drug-likeness (QED) is 0.700. The fourth-order valence-corrected chi connectivity index (χ4v) is 1.40. The summed E-state index contributed by atoms with van der Waals surface area (Å²) in [6.07, 6.45) is 0.374. The molecule has 2 unspecified atom stereocenters. The molecule has 2 amide bonds. The summed E-state index contributed by atoms with van der Waals surface area (Å²) in [6, 6.07) is -1.34. The third-order valence-corrected chi connectivity index (χ3v) is 2.40. The van der Waals surface area contributed by atoms with Gasteiger partial charge in [0.1, 0.15) is 6.04 Å². The van der Waals surface area contributed by atoms with Crippen molar-refractivity contribution in [3.05, 3.63) is 0 Å². The minimum Gasteiger partial charge on any atom is -0.480 e. The Hall–Kier alpha value is -1.30. The third kappa shape index (κ3) is 5.53. The van der Waals surface area contributed by atoms with Crippen molar-refractivity contribution in [3.8, 4) is 0 Å². The van der Waals surface area contributed by atoms with E-state index < -0.39 is 18.0 Å². The molecule has 0 spiro atoms. The van der Waals surface area contributed by atoms with E-state index in [1.165, 1.54) is 11.9 Å². The second-order valence-electron chi connectivity index (χ2n) is 3.88. The van der Waals surface area contributed by atoms with Gasteiger partial charge in [-0.05, 0) is 20.3 Å². The van der Waals surface area contributed by atoms with E-state index in [-0.39, 0.29) is 6.04 Å². The Bertz CT molecular complexity index is 258. The molecule has 0 fully saturated rings. The van der Waals surface area contributed by atoms with Gasteiger partial charge in [0.2, 0.25) is 0 Å². The predicted molar refractivity (Wildman–Crippen MR) is 64.0 cm³/mol. The molecule has 0 aromatic rings. The second-order valence-corrected chi connectivity index (χ2v) is 3.88. The van der Waals surface area contributed by atoms with Crippen LogP contribution in [0.1, 0.15) is 27.2 Å². The van der Waals surface area contributed by atoms with E-state index in [0.717, 1.165) is 0 Å². The molecule has 100 valence electrons. The summed E-state index contributed by atoms with van der Waals surface area (Å²) in [7, 11) is 1.48. The molecule has 0 saturated carbocycles. The van der Waals surface area contributed by atoms with Crippen LogP contribution in [0.25, 0.3) is 0 Å². The van der Waals surface area contributed by atoms with Gasteiger partial charge in [0.25, 0.3) is 0 Å². The number of carboxylic acids is 1. The SMILES string of the molecule is CCOCC(C)NC(=O)N(C)C(CC)C(=O)O. The summed E-state index contributed by atoms with van der Waals surface area (Å²) < 4.78 is 5.16. The molecular formula is C11H22N2O4. The van der Waals surface area contributed by atoms with Crippen LogP contribution in [0.5, 0.6) is 0 Å². The first-order valence-corrected chi connectivity index (χ1v) is 5.77. The van der Waals surface area contributed by atoms with E-state index in [2.05, 4.69) is 5.32 Å². The Labute approximate surface area is 102 Å². The average Bonchev–Trinajstić information content (AvgIpc) is 2.26. The predicted octanol–water partition coefficient (Wildman–Crippen LogP) is 0.916. The fourth-order valence-electron chi connectivity index (χ4n) is 1.40. The van der Waals surface area contributed by atoms with Crippen molar-refractivity contribution in [2.45, 2.75) is 39.3 Å². The van der Waals surface area contributed by atoms with Crippen LogP contribution < -0.4 is 5.32 Å². The Morgan fingerprint density at radius 1 is 1.41 bits per heavy atom. The van der Waals surface area contributed by atoms with E-state index in [9.17, 15) is 9.59 Å². The molecule has 0 aromatic heterocycles. The van der Waals surface area contributed by atoms with Gasteiger partial charge in [-0.1, -0.05) is 6.92 Å². The number of carboxylic acid groups (broad SMARTS) is 1. The Morgan fingerprint density at radius 3 is 2.41 bits per heavy atom. The van der Waals surface area contributed by atoms with Crippen LogP contribution in [0.2, 0.25) is 0 Å². The number of urea groups is 1. The molecule has 0 radical (unpaired) electrons. The molecule has 0 heterocycles. The number of aliphatic carboxylic acids is 1. The summed E-state index contributed by atoms with van der Waals surface area (Å²) in [5.74, 6) is -0.998. The van der Waals surface area contributed by atoms with Crippen molar-refractivity contribution < 1.29 is 19.4 Å². The van der Waals surface area contributed by atoms with Crippen molar-refractivity contribution >= 4 is 12.0 Å². The maximum absolute atomic E-state index is 11.7. The fraction of sp³-hybridized carbons (Fsp3) is 0.818. The average molecular weight is 246 g/mol.